The van der Waals surface area contributed by atoms with E-state index in [1.54, 1.807) is 23.9 Å². The van der Waals surface area contributed by atoms with Crippen LogP contribution >= 0.6 is 11.8 Å². The lowest BCUT2D eigenvalue weighted by atomic mass is 9.87. The Hall–Kier alpha value is -2.03. The lowest BCUT2D eigenvalue weighted by Gasteiger charge is -2.30. The van der Waals surface area contributed by atoms with Gasteiger partial charge in [0.2, 0.25) is 15.9 Å². The van der Waals surface area contributed by atoms with Crippen LogP contribution in [0.3, 0.4) is 0 Å². The van der Waals surface area contributed by atoms with Crippen molar-refractivity contribution < 1.29 is 17.9 Å². The van der Waals surface area contributed by atoms with Gasteiger partial charge in [0.15, 0.2) is 0 Å². The molecule has 1 aliphatic heterocycles. The first-order valence-corrected chi connectivity index (χ1v) is 13.9. The molecule has 1 amide bonds. The average molecular weight is 491 g/mol. The number of carbonyl (C=O) groups is 1. The minimum Gasteiger partial charge on any atom is -0.492 e. The fourth-order valence-corrected chi connectivity index (χ4v) is 5.67. The predicted octanol–water partition coefficient (Wildman–Crippen LogP) is 4.30. The number of nitrogens with zero attached hydrogens (tertiary/aromatic N) is 1. The fourth-order valence-electron chi connectivity index (χ4n) is 3.79. The zero-order valence-corrected chi connectivity index (χ0v) is 21.5. The number of carbonyl (C=O) groups excluding carboxylic acids is 1. The van der Waals surface area contributed by atoms with Crippen molar-refractivity contribution in [3.05, 3.63) is 54.1 Å². The van der Waals surface area contributed by atoms with Gasteiger partial charge in [-0.05, 0) is 66.5 Å². The normalized spacial score (nSPS) is 15.9. The van der Waals surface area contributed by atoms with E-state index >= 15 is 0 Å². The van der Waals surface area contributed by atoms with Gasteiger partial charge < -0.3 is 10.1 Å². The summed E-state index contributed by atoms with van der Waals surface area (Å²) >= 11 is 1.57. The van der Waals surface area contributed by atoms with Crippen molar-refractivity contribution in [3.8, 4) is 5.75 Å². The summed E-state index contributed by atoms with van der Waals surface area (Å²) in [5, 5.41) is 2.92. The zero-order valence-electron chi connectivity index (χ0n) is 19.8. The molecule has 0 aliphatic carbocycles. The molecule has 1 N–H and O–H groups in total. The minimum atomic E-state index is -3.53. The first-order valence-electron chi connectivity index (χ1n) is 11.3. The summed E-state index contributed by atoms with van der Waals surface area (Å²) in [7, 11) is -3.53. The maximum Gasteiger partial charge on any atom is 0.243 e. The average Bonchev–Trinajstić information content (AvgIpc) is 2.81. The van der Waals surface area contributed by atoms with Crippen LogP contribution in [-0.4, -0.2) is 51.1 Å². The van der Waals surface area contributed by atoms with Crippen LogP contribution in [0, 0.1) is 5.92 Å². The summed E-state index contributed by atoms with van der Waals surface area (Å²) in [5.41, 5.74) is 1.34. The number of hydrogen-bond acceptors (Lipinski definition) is 5. The molecule has 0 unspecified atom stereocenters. The Morgan fingerprint density at radius 2 is 1.67 bits per heavy atom. The first-order chi connectivity index (χ1) is 15.6. The molecule has 0 spiro atoms. The second kappa shape index (κ2) is 10.9. The molecule has 0 bridgehead atoms. The van der Waals surface area contributed by atoms with E-state index < -0.39 is 10.0 Å². The Labute approximate surface area is 202 Å². The Kier molecular flexibility index (Phi) is 8.48. The second-order valence-electron chi connectivity index (χ2n) is 9.27. The SMILES string of the molecule is CSc1ccc(S(=O)(=O)N2CCC(C(=O)NCCOc3ccc(C(C)(C)C)cc3)CC2)cc1. The predicted molar refractivity (Wildman–Crippen MR) is 133 cm³/mol. The van der Waals surface area contributed by atoms with E-state index in [1.807, 2.05) is 30.5 Å². The number of benzene rings is 2. The molecule has 6 nitrogen and oxygen atoms in total. The molecule has 1 fully saturated rings. The molecule has 0 radical (unpaired) electrons. The molecule has 1 aliphatic rings. The minimum absolute atomic E-state index is 0.0388. The Morgan fingerprint density at radius 3 is 2.21 bits per heavy atom. The highest BCUT2D eigenvalue weighted by Crippen LogP contribution is 2.26. The molecule has 1 saturated heterocycles. The summed E-state index contributed by atoms with van der Waals surface area (Å²) in [6, 6.07) is 15.0. The molecule has 1 heterocycles. The van der Waals surface area contributed by atoms with Gasteiger partial charge in [0.1, 0.15) is 12.4 Å². The van der Waals surface area contributed by atoms with Crippen molar-refractivity contribution in [2.24, 2.45) is 5.92 Å². The maximum absolute atomic E-state index is 12.9. The maximum atomic E-state index is 12.9. The molecule has 0 aromatic heterocycles. The monoisotopic (exact) mass is 490 g/mol. The Balaban J connectivity index is 1.42. The molecule has 0 saturated carbocycles. The van der Waals surface area contributed by atoms with Crippen molar-refractivity contribution in [2.75, 3.05) is 32.5 Å². The third-order valence-electron chi connectivity index (χ3n) is 5.91. The molecule has 0 atom stereocenters. The lowest BCUT2D eigenvalue weighted by Crippen LogP contribution is -2.43. The number of thioether (sulfide) groups is 1. The van der Waals surface area contributed by atoms with Crippen molar-refractivity contribution >= 4 is 27.7 Å². The summed E-state index contributed by atoms with van der Waals surface area (Å²) in [6.07, 6.45) is 2.99. The van der Waals surface area contributed by atoms with Crippen LogP contribution in [-0.2, 0) is 20.2 Å². The molecule has 2 aromatic rings. The number of nitrogens with one attached hydrogen (secondary N) is 1. The first kappa shape index (κ1) is 25.6. The summed E-state index contributed by atoms with van der Waals surface area (Å²) in [5.74, 6) is 0.561. The van der Waals surface area contributed by atoms with Crippen molar-refractivity contribution in [2.45, 2.75) is 48.8 Å². The van der Waals surface area contributed by atoms with Gasteiger partial charge >= 0.3 is 0 Å². The Bertz CT molecular complexity index is 1020. The highest BCUT2D eigenvalue weighted by atomic mass is 32.2. The van der Waals surface area contributed by atoms with Gasteiger partial charge in [-0.2, -0.15) is 4.31 Å². The van der Waals surface area contributed by atoms with Gasteiger partial charge in [0.25, 0.3) is 0 Å². The summed E-state index contributed by atoms with van der Waals surface area (Å²) in [6.45, 7) is 8.01. The van der Waals surface area contributed by atoms with E-state index in [1.165, 1.54) is 9.87 Å². The molecule has 180 valence electrons. The van der Waals surface area contributed by atoms with Crippen molar-refractivity contribution in [3.63, 3.8) is 0 Å². The summed E-state index contributed by atoms with van der Waals surface area (Å²) in [4.78, 5) is 13.8. The largest absolute Gasteiger partial charge is 0.492 e. The van der Waals surface area contributed by atoms with E-state index in [4.69, 9.17) is 4.74 Å². The van der Waals surface area contributed by atoms with Crippen LogP contribution in [0.1, 0.15) is 39.2 Å². The van der Waals surface area contributed by atoms with Crippen LogP contribution in [0.25, 0.3) is 0 Å². The van der Waals surface area contributed by atoms with Gasteiger partial charge in [-0.1, -0.05) is 32.9 Å². The van der Waals surface area contributed by atoms with Crippen LogP contribution in [0.4, 0.5) is 0 Å². The quantitative estimate of drug-likeness (QED) is 0.441. The number of piperidine rings is 1. The molecule has 3 rings (SSSR count). The number of hydrogen-bond donors (Lipinski definition) is 1. The lowest BCUT2D eigenvalue weighted by molar-refractivity contribution is -0.126. The molecular weight excluding hydrogens is 456 g/mol. The third kappa shape index (κ3) is 6.74. The van der Waals surface area contributed by atoms with Gasteiger partial charge in [-0.25, -0.2) is 8.42 Å². The van der Waals surface area contributed by atoms with Gasteiger partial charge in [-0.3, -0.25) is 4.79 Å². The van der Waals surface area contributed by atoms with E-state index in [9.17, 15) is 13.2 Å². The van der Waals surface area contributed by atoms with Gasteiger partial charge in [0, 0.05) is 23.9 Å². The molecular formula is C25H34N2O4S2. The van der Waals surface area contributed by atoms with Crippen LogP contribution in [0.15, 0.2) is 58.3 Å². The number of sulfonamides is 1. The Morgan fingerprint density at radius 1 is 1.06 bits per heavy atom. The van der Waals surface area contributed by atoms with Gasteiger partial charge in [0.05, 0.1) is 11.4 Å². The highest BCUT2D eigenvalue weighted by molar-refractivity contribution is 7.98. The molecule has 2 aromatic carbocycles. The number of amides is 1. The number of rotatable bonds is 8. The third-order valence-corrected chi connectivity index (χ3v) is 8.57. The van der Waals surface area contributed by atoms with E-state index in [0.717, 1.165) is 10.6 Å². The van der Waals surface area contributed by atoms with Gasteiger partial charge in [-0.15, -0.1) is 11.8 Å². The van der Waals surface area contributed by atoms with E-state index in [2.05, 4.69) is 38.2 Å². The van der Waals surface area contributed by atoms with Crippen molar-refractivity contribution in [1.29, 1.82) is 0 Å². The highest BCUT2D eigenvalue weighted by Gasteiger charge is 2.32. The van der Waals surface area contributed by atoms with Crippen LogP contribution in [0.5, 0.6) is 5.75 Å². The standard InChI is InChI=1S/C25H34N2O4S2/c1-25(2,3)20-5-7-21(8-6-20)31-18-15-26-24(28)19-13-16-27(17-14-19)33(29,30)23-11-9-22(32-4)10-12-23/h5-12,19H,13-18H2,1-4H3,(H,26,28). The smallest absolute Gasteiger partial charge is 0.243 e. The molecule has 8 heteroatoms. The van der Waals surface area contributed by atoms with Crippen molar-refractivity contribution in [1.82, 2.24) is 9.62 Å². The summed E-state index contributed by atoms with van der Waals surface area (Å²) < 4.78 is 33.0. The van der Waals surface area contributed by atoms with Crippen LogP contribution in [0.2, 0.25) is 0 Å². The second-order valence-corrected chi connectivity index (χ2v) is 12.1. The number of ether oxygens (including phenoxy) is 1. The van der Waals surface area contributed by atoms with E-state index in [0.29, 0.717) is 44.0 Å². The van der Waals surface area contributed by atoms with Crippen LogP contribution < -0.4 is 10.1 Å². The molecule has 33 heavy (non-hydrogen) atoms. The topological polar surface area (TPSA) is 75.7 Å². The fraction of sp³-hybridized carbons (Fsp3) is 0.480. The van der Waals surface area contributed by atoms with E-state index in [-0.39, 0.29) is 17.2 Å². The zero-order chi connectivity index (χ0) is 24.1.